The van der Waals surface area contributed by atoms with Crippen LogP contribution in [0, 0.1) is 0 Å². The van der Waals surface area contributed by atoms with Crippen LogP contribution in [0.25, 0.3) is 11.5 Å². The molecule has 8 heteroatoms. The largest absolute Gasteiger partial charge is 0.497 e. The molecule has 0 aliphatic rings. The van der Waals surface area contributed by atoms with Gasteiger partial charge in [0.05, 0.1) is 19.4 Å². The number of anilines is 1. The molecule has 25 heavy (non-hydrogen) atoms. The van der Waals surface area contributed by atoms with E-state index in [0.29, 0.717) is 24.6 Å². The normalized spacial score (nSPS) is 10.3. The lowest BCUT2D eigenvalue weighted by molar-refractivity contribution is 0.196. The molecule has 130 valence electrons. The highest BCUT2D eigenvalue weighted by Gasteiger charge is 2.12. The third-order valence-corrected chi connectivity index (χ3v) is 3.26. The Morgan fingerprint density at radius 3 is 2.72 bits per heavy atom. The summed E-state index contributed by atoms with van der Waals surface area (Å²) < 4.78 is 20.3. The summed E-state index contributed by atoms with van der Waals surface area (Å²) in [5.74, 6) is 1.74. The van der Waals surface area contributed by atoms with Crippen molar-refractivity contribution in [1.82, 2.24) is 10.5 Å². The van der Waals surface area contributed by atoms with Gasteiger partial charge in [0.15, 0.2) is 5.76 Å². The number of rotatable bonds is 7. The molecule has 2 aromatic heterocycles. The van der Waals surface area contributed by atoms with Gasteiger partial charge in [0.1, 0.15) is 5.75 Å². The molecule has 0 spiro atoms. The molecule has 1 amide bonds. The first-order chi connectivity index (χ1) is 12.2. The molecule has 0 saturated carbocycles. The Kier molecular flexibility index (Phi) is 5.20. The molecule has 0 bridgehead atoms. The monoisotopic (exact) mass is 343 g/mol. The van der Waals surface area contributed by atoms with Crippen LogP contribution in [0.4, 0.5) is 10.5 Å². The average Bonchev–Trinajstić information content (AvgIpc) is 3.31. The standard InChI is InChI=1S/C17H17N3O5/c1-22-13-6-4-12(5-7-13)18-8-9-19-17(21)24-16-11-15(25-20-16)14-3-2-10-23-14/h2-7,10-11,18H,8-9H2,1H3,(H,19,21). The maximum absolute atomic E-state index is 11.7. The first-order valence-corrected chi connectivity index (χ1v) is 7.59. The Morgan fingerprint density at radius 2 is 2.00 bits per heavy atom. The van der Waals surface area contributed by atoms with Gasteiger partial charge < -0.3 is 29.0 Å². The van der Waals surface area contributed by atoms with Crippen LogP contribution in [0.1, 0.15) is 0 Å². The van der Waals surface area contributed by atoms with Gasteiger partial charge in [-0.05, 0) is 41.6 Å². The molecule has 0 unspecified atom stereocenters. The molecule has 2 N–H and O–H groups in total. The highest BCUT2D eigenvalue weighted by atomic mass is 16.6. The maximum atomic E-state index is 11.7. The summed E-state index contributed by atoms with van der Waals surface area (Å²) in [4.78, 5) is 11.7. The molecular formula is C17H17N3O5. The van der Waals surface area contributed by atoms with E-state index in [1.807, 2.05) is 24.3 Å². The van der Waals surface area contributed by atoms with E-state index in [4.69, 9.17) is 18.4 Å². The number of nitrogens with zero attached hydrogens (tertiary/aromatic N) is 1. The maximum Gasteiger partial charge on any atom is 0.414 e. The third-order valence-electron chi connectivity index (χ3n) is 3.26. The molecule has 0 fully saturated rings. The predicted molar refractivity (Wildman–Crippen MR) is 89.7 cm³/mol. The minimum atomic E-state index is -0.615. The molecule has 3 aromatic rings. The summed E-state index contributed by atoms with van der Waals surface area (Å²) in [6.07, 6.45) is 0.900. The predicted octanol–water partition coefficient (Wildman–Crippen LogP) is 3.14. The lowest BCUT2D eigenvalue weighted by Gasteiger charge is -2.08. The van der Waals surface area contributed by atoms with Crippen molar-refractivity contribution in [2.75, 3.05) is 25.5 Å². The van der Waals surface area contributed by atoms with Crippen molar-refractivity contribution in [3.8, 4) is 23.1 Å². The fraction of sp³-hybridized carbons (Fsp3) is 0.176. The number of benzene rings is 1. The van der Waals surface area contributed by atoms with Crippen molar-refractivity contribution in [1.29, 1.82) is 0 Å². The zero-order valence-electron chi connectivity index (χ0n) is 13.5. The summed E-state index contributed by atoms with van der Waals surface area (Å²) in [7, 11) is 1.62. The topological polar surface area (TPSA) is 98.8 Å². The minimum Gasteiger partial charge on any atom is -0.497 e. The Bertz CT molecular complexity index is 796. The molecule has 2 heterocycles. The van der Waals surface area contributed by atoms with E-state index < -0.39 is 6.09 Å². The Balaban J connectivity index is 1.39. The highest BCUT2D eigenvalue weighted by molar-refractivity contribution is 5.70. The number of hydrogen-bond acceptors (Lipinski definition) is 7. The second-order valence-corrected chi connectivity index (χ2v) is 4.98. The molecule has 8 nitrogen and oxygen atoms in total. The molecule has 0 saturated heterocycles. The van der Waals surface area contributed by atoms with Gasteiger partial charge in [-0.25, -0.2) is 4.79 Å². The molecule has 0 radical (unpaired) electrons. The molecule has 0 aliphatic heterocycles. The lowest BCUT2D eigenvalue weighted by Crippen LogP contribution is -2.31. The molecule has 0 aliphatic carbocycles. The van der Waals surface area contributed by atoms with Crippen molar-refractivity contribution in [2.45, 2.75) is 0 Å². The van der Waals surface area contributed by atoms with Crippen molar-refractivity contribution in [2.24, 2.45) is 0 Å². The molecular weight excluding hydrogens is 326 g/mol. The van der Waals surface area contributed by atoms with Gasteiger partial charge in [-0.15, -0.1) is 0 Å². The fourth-order valence-electron chi connectivity index (χ4n) is 2.05. The number of hydrogen-bond donors (Lipinski definition) is 2. The number of ether oxygens (including phenoxy) is 2. The number of aromatic nitrogens is 1. The molecule has 1 aromatic carbocycles. The van der Waals surface area contributed by atoms with E-state index in [1.165, 1.54) is 12.3 Å². The van der Waals surface area contributed by atoms with Crippen LogP contribution in [0.15, 0.2) is 57.7 Å². The zero-order chi connectivity index (χ0) is 17.5. The SMILES string of the molecule is COc1ccc(NCCNC(=O)Oc2cc(-c3ccco3)on2)cc1. The van der Waals surface area contributed by atoms with Crippen LogP contribution in [0.2, 0.25) is 0 Å². The molecule has 3 rings (SSSR count). The van der Waals surface area contributed by atoms with Crippen LogP contribution in [-0.2, 0) is 0 Å². The van der Waals surface area contributed by atoms with Crippen molar-refractivity contribution in [3.63, 3.8) is 0 Å². The van der Waals surface area contributed by atoms with Gasteiger partial charge in [0.2, 0.25) is 5.76 Å². The van der Waals surface area contributed by atoms with Crippen molar-refractivity contribution < 1.29 is 23.2 Å². The second-order valence-electron chi connectivity index (χ2n) is 4.98. The Morgan fingerprint density at radius 1 is 1.16 bits per heavy atom. The van der Waals surface area contributed by atoms with E-state index in [-0.39, 0.29) is 5.88 Å². The second kappa shape index (κ2) is 7.91. The molecule has 0 atom stereocenters. The summed E-state index contributed by atoms with van der Waals surface area (Å²) >= 11 is 0. The van der Waals surface area contributed by atoms with Crippen LogP contribution in [0.3, 0.4) is 0 Å². The zero-order valence-corrected chi connectivity index (χ0v) is 13.5. The first-order valence-electron chi connectivity index (χ1n) is 7.59. The van der Waals surface area contributed by atoms with E-state index in [1.54, 1.807) is 19.2 Å². The van der Waals surface area contributed by atoms with E-state index in [0.717, 1.165) is 11.4 Å². The fourth-order valence-corrected chi connectivity index (χ4v) is 2.05. The number of nitrogens with one attached hydrogen (secondary N) is 2. The highest BCUT2D eigenvalue weighted by Crippen LogP contribution is 2.23. The van der Waals surface area contributed by atoms with Gasteiger partial charge in [0.25, 0.3) is 5.88 Å². The van der Waals surface area contributed by atoms with Gasteiger partial charge in [-0.2, -0.15) is 0 Å². The number of carbonyl (C=O) groups excluding carboxylic acids is 1. The minimum absolute atomic E-state index is 0.0620. The smallest absolute Gasteiger partial charge is 0.414 e. The van der Waals surface area contributed by atoms with Crippen molar-refractivity contribution in [3.05, 3.63) is 48.7 Å². The van der Waals surface area contributed by atoms with E-state index in [2.05, 4.69) is 15.8 Å². The van der Waals surface area contributed by atoms with E-state index in [9.17, 15) is 4.79 Å². The summed E-state index contributed by atoms with van der Waals surface area (Å²) in [6.45, 7) is 0.922. The number of amides is 1. The number of carbonyl (C=O) groups is 1. The quantitative estimate of drug-likeness (QED) is 0.636. The van der Waals surface area contributed by atoms with Gasteiger partial charge in [-0.3, -0.25) is 0 Å². The van der Waals surface area contributed by atoms with Crippen LogP contribution in [0.5, 0.6) is 11.6 Å². The Hall–Kier alpha value is -3.42. The average molecular weight is 343 g/mol. The number of furan rings is 1. The van der Waals surface area contributed by atoms with Crippen LogP contribution < -0.4 is 20.1 Å². The summed E-state index contributed by atoms with van der Waals surface area (Å²) in [5, 5.41) is 9.44. The summed E-state index contributed by atoms with van der Waals surface area (Å²) in [6, 6.07) is 12.4. The van der Waals surface area contributed by atoms with Crippen LogP contribution in [-0.4, -0.2) is 31.4 Å². The van der Waals surface area contributed by atoms with Crippen LogP contribution >= 0.6 is 0 Å². The third kappa shape index (κ3) is 4.54. The lowest BCUT2D eigenvalue weighted by atomic mass is 10.3. The van der Waals surface area contributed by atoms with Gasteiger partial charge >= 0.3 is 6.09 Å². The first kappa shape index (κ1) is 16.4. The Labute approximate surface area is 143 Å². The van der Waals surface area contributed by atoms with Gasteiger partial charge in [0, 0.05) is 18.8 Å². The van der Waals surface area contributed by atoms with Gasteiger partial charge in [-0.1, -0.05) is 0 Å². The van der Waals surface area contributed by atoms with E-state index >= 15 is 0 Å². The number of methoxy groups -OCH3 is 1. The summed E-state index contributed by atoms with van der Waals surface area (Å²) in [5.41, 5.74) is 0.926. The van der Waals surface area contributed by atoms with Crippen molar-refractivity contribution >= 4 is 11.8 Å².